The molecule has 0 radical (unpaired) electrons. The highest BCUT2D eigenvalue weighted by Gasteiger charge is 2.38. The van der Waals surface area contributed by atoms with E-state index in [9.17, 15) is 14.7 Å². The minimum absolute atomic E-state index is 0.0951. The maximum atomic E-state index is 12.6. The molecular formula is C18H19N5O3. The Labute approximate surface area is 150 Å². The molecule has 1 unspecified atom stereocenters. The van der Waals surface area contributed by atoms with E-state index in [0.29, 0.717) is 31.7 Å². The number of nitrogens with one attached hydrogen (secondary N) is 2. The summed E-state index contributed by atoms with van der Waals surface area (Å²) in [5.41, 5.74) is 1.29. The molecule has 1 fully saturated rings. The molecule has 0 aliphatic carbocycles. The van der Waals surface area contributed by atoms with Crippen molar-refractivity contribution >= 4 is 17.5 Å². The van der Waals surface area contributed by atoms with Gasteiger partial charge in [0.2, 0.25) is 0 Å². The number of anilines is 1. The van der Waals surface area contributed by atoms with Crippen molar-refractivity contribution in [1.82, 2.24) is 19.8 Å². The summed E-state index contributed by atoms with van der Waals surface area (Å²) in [7, 11) is 0. The normalized spacial score (nSPS) is 20.1. The number of fused-ring (bicyclic) bond motifs is 1. The van der Waals surface area contributed by atoms with Gasteiger partial charge in [0.15, 0.2) is 0 Å². The van der Waals surface area contributed by atoms with E-state index < -0.39 is 11.8 Å². The topological polar surface area (TPSA) is 99.5 Å². The van der Waals surface area contributed by atoms with Crippen LogP contribution in [0.25, 0.3) is 5.69 Å². The Morgan fingerprint density at radius 1 is 1.31 bits per heavy atom. The van der Waals surface area contributed by atoms with Crippen LogP contribution in [0.1, 0.15) is 6.42 Å². The molecule has 0 bridgehead atoms. The number of imidazole rings is 1. The minimum atomic E-state index is -0.583. The molecule has 1 aromatic heterocycles. The molecule has 1 aromatic carbocycles. The maximum absolute atomic E-state index is 12.6. The lowest BCUT2D eigenvalue weighted by molar-refractivity contribution is -0.133. The Morgan fingerprint density at radius 3 is 2.85 bits per heavy atom. The van der Waals surface area contributed by atoms with Crippen LogP contribution in [-0.4, -0.2) is 57.0 Å². The molecule has 2 aromatic rings. The molecule has 4 rings (SSSR count). The number of rotatable bonds is 3. The number of carbonyl (C=O) groups is 2. The molecule has 0 saturated carbocycles. The van der Waals surface area contributed by atoms with Gasteiger partial charge < -0.3 is 25.2 Å². The van der Waals surface area contributed by atoms with E-state index in [2.05, 4.69) is 15.6 Å². The van der Waals surface area contributed by atoms with Gasteiger partial charge in [0.05, 0.1) is 12.4 Å². The van der Waals surface area contributed by atoms with Crippen LogP contribution in [0.4, 0.5) is 5.69 Å². The van der Waals surface area contributed by atoms with Gasteiger partial charge >= 0.3 is 0 Å². The lowest BCUT2D eigenvalue weighted by atomic mass is 9.97. The van der Waals surface area contributed by atoms with E-state index in [1.807, 2.05) is 22.9 Å². The Hall–Kier alpha value is -3.13. The van der Waals surface area contributed by atoms with Gasteiger partial charge in [-0.25, -0.2) is 4.98 Å². The fraction of sp³-hybridized carbons (Fsp3) is 0.278. The van der Waals surface area contributed by atoms with E-state index in [4.69, 9.17) is 0 Å². The third kappa shape index (κ3) is 2.95. The molecule has 134 valence electrons. The summed E-state index contributed by atoms with van der Waals surface area (Å²) in [5.74, 6) is -1.14. The van der Waals surface area contributed by atoms with Crippen molar-refractivity contribution in [3.63, 3.8) is 0 Å². The first-order valence-electron chi connectivity index (χ1n) is 8.47. The molecule has 26 heavy (non-hydrogen) atoms. The number of aliphatic hydroxyl groups is 1. The molecule has 2 aliphatic heterocycles. The largest absolute Gasteiger partial charge is 0.511 e. The second kappa shape index (κ2) is 6.64. The SMILES string of the molecule is O=C(Nc1ccc(-n2ccnc2)cc1)C1=C(O)CC2CNCCN2C1=O. The highest BCUT2D eigenvalue weighted by atomic mass is 16.3. The average molecular weight is 353 g/mol. The van der Waals surface area contributed by atoms with Crippen molar-refractivity contribution in [2.75, 3.05) is 25.0 Å². The van der Waals surface area contributed by atoms with Gasteiger partial charge in [-0.3, -0.25) is 9.59 Å². The summed E-state index contributed by atoms with van der Waals surface area (Å²) < 4.78 is 1.84. The van der Waals surface area contributed by atoms with Crippen molar-refractivity contribution < 1.29 is 14.7 Å². The number of carbonyl (C=O) groups excluding carboxylic acids is 2. The standard InChI is InChI=1S/C18H19N5O3/c24-15-9-14-10-19-6-8-23(14)18(26)16(15)17(25)21-12-1-3-13(4-2-12)22-7-5-20-11-22/h1-5,7,11,14,19,24H,6,8-10H2,(H,21,25). The van der Waals surface area contributed by atoms with Gasteiger partial charge in [-0.05, 0) is 24.3 Å². The van der Waals surface area contributed by atoms with Crippen LogP contribution < -0.4 is 10.6 Å². The summed E-state index contributed by atoms with van der Waals surface area (Å²) >= 11 is 0. The number of aliphatic hydroxyl groups excluding tert-OH is 1. The van der Waals surface area contributed by atoms with E-state index >= 15 is 0 Å². The average Bonchev–Trinajstić information content (AvgIpc) is 3.17. The summed E-state index contributed by atoms with van der Waals surface area (Å²) in [6.07, 6.45) is 5.48. The van der Waals surface area contributed by atoms with Crippen molar-refractivity contribution in [2.45, 2.75) is 12.5 Å². The molecule has 0 spiro atoms. The fourth-order valence-corrected chi connectivity index (χ4v) is 3.35. The van der Waals surface area contributed by atoms with Crippen LogP contribution in [0.15, 0.2) is 54.3 Å². The Balaban J connectivity index is 1.51. The van der Waals surface area contributed by atoms with Gasteiger partial charge in [-0.15, -0.1) is 0 Å². The predicted octanol–water partition coefficient (Wildman–Crippen LogP) is 0.827. The summed E-state index contributed by atoms with van der Waals surface area (Å²) in [6, 6.07) is 7.06. The molecule has 1 atom stereocenters. The Bertz CT molecular complexity index is 857. The monoisotopic (exact) mass is 353 g/mol. The van der Waals surface area contributed by atoms with Gasteiger partial charge in [0.25, 0.3) is 11.8 Å². The van der Waals surface area contributed by atoms with Crippen molar-refractivity contribution in [3.8, 4) is 5.69 Å². The van der Waals surface area contributed by atoms with E-state index in [1.165, 1.54) is 0 Å². The smallest absolute Gasteiger partial charge is 0.264 e. The number of hydrogen-bond donors (Lipinski definition) is 3. The maximum Gasteiger partial charge on any atom is 0.264 e. The molecule has 1 saturated heterocycles. The number of amides is 2. The van der Waals surface area contributed by atoms with Crippen LogP contribution in [0.2, 0.25) is 0 Å². The quantitative estimate of drug-likeness (QED) is 0.710. The Kier molecular flexibility index (Phi) is 4.18. The first kappa shape index (κ1) is 16.3. The second-order valence-corrected chi connectivity index (χ2v) is 6.35. The first-order valence-corrected chi connectivity index (χ1v) is 8.47. The third-order valence-corrected chi connectivity index (χ3v) is 4.70. The lowest BCUT2D eigenvalue weighted by Crippen LogP contribution is -2.57. The number of nitrogens with zero attached hydrogens (tertiary/aromatic N) is 3. The molecular weight excluding hydrogens is 334 g/mol. The Morgan fingerprint density at radius 2 is 2.12 bits per heavy atom. The number of hydrogen-bond acceptors (Lipinski definition) is 5. The van der Waals surface area contributed by atoms with Crippen molar-refractivity contribution in [2.24, 2.45) is 0 Å². The highest BCUT2D eigenvalue weighted by molar-refractivity contribution is 6.23. The van der Waals surface area contributed by atoms with Crippen LogP contribution in [0.3, 0.4) is 0 Å². The zero-order valence-corrected chi connectivity index (χ0v) is 14.1. The number of benzene rings is 1. The van der Waals surface area contributed by atoms with Crippen LogP contribution in [0, 0.1) is 0 Å². The molecule has 2 aliphatic rings. The summed E-state index contributed by atoms with van der Waals surface area (Å²) in [4.78, 5) is 30.8. The molecule has 8 heteroatoms. The molecule has 3 heterocycles. The van der Waals surface area contributed by atoms with Crippen LogP contribution in [0.5, 0.6) is 0 Å². The van der Waals surface area contributed by atoms with Crippen molar-refractivity contribution in [1.29, 1.82) is 0 Å². The van der Waals surface area contributed by atoms with Crippen LogP contribution >= 0.6 is 0 Å². The minimum Gasteiger partial charge on any atom is -0.511 e. The number of piperazine rings is 1. The van der Waals surface area contributed by atoms with Gasteiger partial charge in [0.1, 0.15) is 11.3 Å². The highest BCUT2D eigenvalue weighted by Crippen LogP contribution is 2.25. The first-order chi connectivity index (χ1) is 12.6. The molecule has 2 amide bonds. The third-order valence-electron chi connectivity index (χ3n) is 4.70. The summed E-state index contributed by atoms with van der Waals surface area (Å²) in [5, 5.41) is 16.1. The fourth-order valence-electron chi connectivity index (χ4n) is 3.35. The number of aromatic nitrogens is 2. The lowest BCUT2D eigenvalue weighted by Gasteiger charge is -2.39. The predicted molar refractivity (Wildman–Crippen MR) is 94.8 cm³/mol. The molecule has 8 nitrogen and oxygen atoms in total. The second-order valence-electron chi connectivity index (χ2n) is 6.35. The summed E-state index contributed by atoms with van der Waals surface area (Å²) in [6.45, 7) is 1.85. The van der Waals surface area contributed by atoms with Gasteiger partial charge in [0, 0.05) is 49.8 Å². The molecule has 3 N–H and O–H groups in total. The van der Waals surface area contributed by atoms with E-state index in [1.54, 1.807) is 29.6 Å². The van der Waals surface area contributed by atoms with Gasteiger partial charge in [-0.2, -0.15) is 0 Å². The van der Waals surface area contributed by atoms with E-state index in [0.717, 1.165) is 5.69 Å². The van der Waals surface area contributed by atoms with Gasteiger partial charge in [-0.1, -0.05) is 0 Å². The van der Waals surface area contributed by atoms with Crippen molar-refractivity contribution in [3.05, 3.63) is 54.3 Å². The van der Waals surface area contributed by atoms with E-state index in [-0.39, 0.29) is 17.4 Å². The van der Waals surface area contributed by atoms with Crippen LogP contribution in [-0.2, 0) is 9.59 Å². The zero-order chi connectivity index (χ0) is 18.1. The zero-order valence-electron chi connectivity index (χ0n) is 14.1.